The number of hydrogen-bond donors (Lipinski definition) is 0. The molecule has 26 heavy (non-hydrogen) atoms. The molecule has 140 valence electrons. The van der Waals surface area contributed by atoms with Gasteiger partial charge in [0.2, 0.25) is 11.0 Å². The van der Waals surface area contributed by atoms with Crippen LogP contribution in [0.25, 0.3) is 10.6 Å². The first kappa shape index (κ1) is 19.3. The lowest BCUT2D eigenvalue weighted by Gasteiger charge is -2.19. The molecule has 0 N–H and O–H groups in total. The molecule has 3 rings (SSSR count). The molecule has 7 heteroatoms. The van der Waals surface area contributed by atoms with E-state index < -0.39 is 0 Å². The lowest BCUT2D eigenvalue weighted by Crippen LogP contribution is -2.34. The third kappa shape index (κ3) is 5.02. The minimum absolute atomic E-state index is 0.104. The molecule has 0 bridgehead atoms. The SMILES string of the molecule is COCCN(C(=O)CCC1CCCC1)c1nnc(-c2ccc(Cl)cc2)s1. The van der Waals surface area contributed by atoms with E-state index in [0.717, 1.165) is 17.0 Å². The average Bonchev–Trinajstić information content (AvgIpc) is 3.33. The van der Waals surface area contributed by atoms with Crippen LogP contribution in [0, 0.1) is 5.92 Å². The van der Waals surface area contributed by atoms with E-state index in [-0.39, 0.29) is 5.91 Å². The van der Waals surface area contributed by atoms with E-state index in [4.69, 9.17) is 16.3 Å². The van der Waals surface area contributed by atoms with Crippen LogP contribution in [0.3, 0.4) is 0 Å². The van der Waals surface area contributed by atoms with Gasteiger partial charge in [0, 0.05) is 24.1 Å². The molecule has 1 heterocycles. The fourth-order valence-corrected chi connectivity index (χ4v) is 4.32. The van der Waals surface area contributed by atoms with E-state index >= 15 is 0 Å². The summed E-state index contributed by atoms with van der Waals surface area (Å²) in [4.78, 5) is 14.5. The number of amides is 1. The van der Waals surface area contributed by atoms with E-state index in [1.54, 1.807) is 12.0 Å². The zero-order valence-corrected chi connectivity index (χ0v) is 16.6. The number of aromatic nitrogens is 2. The molecule has 1 amide bonds. The number of carbonyl (C=O) groups excluding carboxylic acids is 1. The van der Waals surface area contributed by atoms with Crippen molar-refractivity contribution in [2.75, 3.05) is 25.2 Å². The molecule has 0 aliphatic heterocycles. The highest BCUT2D eigenvalue weighted by Gasteiger charge is 2.22. The first-order chi connectivity index (χ1) is 12.7. The number of rotatable bonds is 8. The van der Waals surface area contributed by atoms with Crippen LogP contribution in [0.5, 0.6) is 0 Å². The second-order valence-corrected chi connectivity index (χ2v) is 8.02. The van der Waals surface area contributed by atoms with E-state index in [9.17, 15) is 4.79 Å². The molecule has 5 nitrogen and oxygen atoms in total. The Kier molecular flexibility index (Phi) is 7.00. The maximum atomic E-state index is 12.8. The van der Waals surface area contributed by atoms with Crippen molar-refractivity contribution in [2.24, 2.45) is 5.92 Å². The van der Waals surface area contributed by atoms with Gasteiger partial charge in [-0.05, 0) is 24.5 Å². The summed E-state index contributed by atoms with van der Waals surface area (Å²) in [5.41, 5.74) is 0.947. The third-order valence-electron chi connectivity index (χ3n) is 4.80. The number of benzene rings is 1. The molecule has 1 aliphatic rings. The lowest BCUT2D eigenvalue weighted by molar-refractivity contribution is -0.119. The highest BCUT2D eigenvalue weighted by molar-refractivity contribution is 7.18. The van der Waals surface area contributed by atoms with Crippen molar-refractivity contribution in [1.29, 1.82) is 0 Å². The summed E-state index contributed by atoms with van der Waals surface area (Å²) in [5.74, 6) is 0.801. The number of nitrogens with zero attached hydrogens (tertiary/aromatic N) is 3. The maximum Gasteiger partial charge on any atom is 0.228 e. The van der Waals surface area contributed by atoms with Gasteiger partial charge in [-0.1, -0.05) is 60.8 Å². The number of carbonyl (C=O) groups is 1. The summed E-state index contributed by atoms with van der Waals surface area (Å²) in [7, 11) is 1.64. The van der Waals surface area contributed by atoms with Crippen molar-refractivity contribution in [3.8, 4) is 10.6 Å². The summed E-state index contributed by atoms with van der Waals surface area (Å²) in [6.07, 6.45) is 6.63. The summed E-state index contributed by atoms with van der Waals surface area (Å²) < 4.78 is 5.17. The normalized spacial score (nSPS) is 14.7. The molecule has 1 saturated carbocycles. The number of hydrogen-bond acceptors (Lipinski definition) is 5. The monoisotopic (exact) mass is 393 g/mol. The Morgan fingerprint density at radius 3 is 2.69 bits per heavy atom. The van der Waals surface area contributed by atoms with E-state index in [1.807, 2.05) is 24.3 Å². The van der Waals surface area contributed by atoms with Crippen LogP contribution in [-0.4, -0.2) is 36.4 Å². The van der Waals surface area contributed by atoms with Crippen LogP contribution >= 0.6 is 22.9 Å². The third-order valence-corrected chi connectivity index (χ3v) is 6.04. The zero-order chi connectivity index (χ0) is 18.4. The van der Waals surface area contributed by atoms with Crippen LogP contribution in [0.4, 0.5) is 5.13 Å². The Hall–Kier alpha value is -1.50. The van der Waals surface area contributed by atoms with Gasteiger partial charge in [-0.2, -0.15) is 0 Å². The summed E-state index contributed by atoms with van der Waals surface area (Å²) in [5, 5.41) is 10.6. The number of methoxy groups -OCH3 is 1. The zero-order valence-electron chi connectivity index (χ0n) is 15.0. The second kappa shape index (κ2) is 9.44. The van der Waals surface area contributed by atoms with Gasteiger partial charge < -0.3 is 4.74 Å². The van der Waals surface area contributed by atoms with Crippen molar-refractivity contribution in [3.05, 3.63) is 29.3 Å². The minimum atomic E-state index is 0.104. The highest BCUT2D eigenvalue weighted by Crippen LogP contribution is 2.31. The predicted octanol–water partition coefficient (Wildman–Crippen LogP) is 4.81. The van der Waals surface area contributed by atoms with Crippen LogP contribution in [-0.2, 0) is 9.53 Å². The van der Waals surface area contributed by atoms with Crippen molar-refractivity contribution in [2.45, 2.75) is 38.5 Å². The second-order valence-electron chi connectivity index (χ2n) is 6.62. The predicted molar refractivity (Wildman–Crippen MR) is 106 cm³/mol. The van der Waals surface area contributed by atoms with Crippen molar-refractivity contribution in [3.63, 3.8) is 0 Å². The molecule has 0 radical (unpaired) electrons. The fraction of sp³-hybridized carbons (Fsp3) is 0.526. The van der Waals surface area contributed by atoms with Gasteiger partial charge in [0.15, 0.2) is 0 Å². The van der Waals surface area contributed by atoms with Gasteiger partial charge >= 0.3 is 0 Å². The highest BCUT2D eigenvalue weighted by atomic mass is 35.5. The molecule has 1 aromatic heterocycles. The van der Waals surface area contributed by atoms with Gasteiger partial charge in [-0.25, -0.2) is 0 Å². The molecule has 1 fully saturated rings. The smallest absolute Gasteiger partial charge is 0.228 e. The largest absolute Gasteiger partial charge is 0.383 e. The molecule has 0 saturated heterocycles. The first-order valence-corrected chi connectivity index (χ1v) is 10.3. The Morgan fingerprint density at radius 1 is 1.27 bits per heavy atom. The summed E-state index contributed by atoms with van der Waals surface area (Å²) >= 11 is 7.36. The molecule has 0 spiro atoms. The van der Waals surface area contributed by atoms with Gasteiger partial charge in [-0.15, -0.1) is 10.2 Å². The van der Waals surface area contributed by atoms with Gasteiger partial charge in [0.05, 0.1) is 13.2 Å². The van der Waals surface area contributed by atoms with E-state index in [2.05, 4.69) is 10.2 Å². The molecule has 0 unspecified atom stereocenters. The minimum Gasteiger partial charge on any atom is -0.383 e. The van der Waals surface area contributed by atoms with Gasteiger partial charge in [0.1, 0.15) is 5.01 Å². The van der Waals surface area contributed by atoms with E-state index in [0.29, 0.717) is 35.6 Å². The Bertz CT molecular complexity index is 714. The number of ether oxygens (including phenoxy) is 1. The number of anilines is 1. The average molecular weight is 394 g/mol. The molecule has 0 atom stereocenters. The van der Waals surface area contributed by atoms with Crippen LogP contribution in [0.2, 0.25) is 5.02 Å². The molecular formula is C19H24ClN3O2S. The standard InChI is InChI=1S/C19H24ClN3O2S/c1-25-13-12-23(17(24)11-6-14-4-2-3-5-14)19-22-21-18(26-19)15-7-9-16(20)10-8-15/h7-10,14H,2-6,11-13H2,1H3. The first-order valence-electron chi connectivity index (χ1n) is 9.06. The van der Waals surface area contributed by atoms with Crippen LogP contribution < -0.4 is 4.90 Å². The quantitative estimate of drug-likeness (QED) is 0.645. The van der Waals surface area contributed by atoms with E-state index in [1.165, 1.54) is 37.0 Å². The topological polar surface area (TPSA) is 55.3 Å². The van der Waals surface area contributed by atoms with Gasteiger partial charge in [0.25, 0.3) is 0 Å². The molecule has 1 aromatic carbocycles. The Labute approximate surface area is 163 Å². The number of halogens is 1. The van der Waals surface area contributed by atoms with Crippen molar-refractivity contribution < 1.29 is 9.53 Å². The van der Waals surface area contributed by atoms with Crippen LogP contribution in [0.1, 0.15) is 38.5 Å². The Morgan fingerprint density at radius 2 is 2.00 bits per heavy atom. The van der Waals surface area contributed by atoms with Crippen molar-refractivity contribution in [1.82, 2.24) is 10.2 Å². The van der Waals surface area contributed by atoms with Gasteiger partial charge in [-0.3, -0.25) is 9.69 Å². The van der Waals surface area contributed by atoms with Crippen molar-refractivity contribution >= 4 is 34.0 Å². The Balaban J connectivity index is 1.70. The van der Waals surface area contributed by atoms with Crippen LogP contribution in [0.15, 0.2) is 24.3 Å². The molecular weight excluding hydrogens is 370 g/mol. The molecule has 1 aliphatic carbocycles. The maximum absolute atomic E-state index is 12.8. The summed E-state index contributed by atoms with van der Waals surface area (Å²) in [6.45, 7) is 0.972. The fourth-order valence-electron chi connectivity index (χ4n) is 3.30. The summed E-state index contributed by atoms with van der Waals surface area (Å²) in [6, 6.07) is 7.48. The lowest BCUT2D eigenvalue weighted by atomic mass is 10.0. The molecule has 2 aromatic rings.